The summed E-state index contributed by atoms with van der Waals surface area (Å²) in [7, 11) is 0. The molecule has 4 saturated carbocycles. The second-order valence-electron chi connectivity index (χ2n) is 13.5. The molecule has 0 bridgehead atoms. The summed E-state index contributed by atoms with van der Waals surface area (Å²) in [6.07, 6.45) is 4.88. The molecule has 5 fully saturated rings. The van der Waals surface area contributed by atoms with Crippen molar-refractivity contribution in [2.75, 3.05) is 6.61 Å². The van der Waals surface area contributed by atoms with E-state index in [0.29, 0.717) is 18.4 Å². The second kappa shape index (κ2) is 9.00. The van der Waals surface area contributed by atoms with E-state index in [-0.39, 0.29) is 34.7 Å². The predicted octanol–water partition coefficient (Wildman–Crippen LogP) is 2.46. The number of fused-ring (bicyclic) bond motifs is 5. The fourth-order valence-electron chi connectivity index (χ4n) is 9.81. The molecule has 0 aromatic rings. The average Bonchev–Trinajstić information content (AvgIpc) is 3.41. The molecule has 0 aromatic carbocycles. The van der Waals surface area contributed by atoms with E-state index in [1.54, 1.807) is 13.0 Å². The van der Waals surface area contributed by atoms with Crippen molar-refractivity contribution in [2.45, 2.75) is 121 Å². The molecule has 4 N–H and O–H groups in total. The van der Waals surface area contributed by atoms with Crippen molar-refractivity contribution in [3.05, 3.63) is 11.6 Å². The van der Waals surface area contributed by atoms with Gasteiger partial charge in [-0.2, -0.15) is 0 Å². The van der Waals surface area contributed by atoms with Gasteiger partial charge in [0.25, 0.3) is 0 Å². The standard InChI is InChI=1S/C29H44O8/c1-15-23(31)24(32)25(33)26(36-15)37-18-6-9-27(2)17(13-18)4-5-21-20(27)7-10-28(3)19(8-11-29(21,28)34)16-12-22(30)35-14-16/h12,15,17-21,23-26,31-34H,4-11,13-14H2,1-3H3/t15-,17-,18+,19-,20+,21-,23-,24+,25-,26+,27+,28-,29+/m1/s1. The summed E-state index contributed by atoms with van der Waals surface area (Å²) in [4.78, 5) is 11.8. The van der Waals surface area contributed by atoms with Crippen LogP contribution in [0.4, 0.5) is 0 Å². The minimum absolute atomic E-state index is 0.0661. The molecule has 0 radical (unpaired) electrons. The zero-order valence-corrected chi connectivity index (χ0v) is 22.3. The number of cyclic esters (lactones) is 1. The summed E-state index contributed by atoms with van der Waals surface area (Å²) in [5.41, 5.74) is 0.243. The summed E-state index contributed by atoms with van der Waals surface area (Å²) in [5, 5.41) is 43.0. The van der Waals surface area contributed by atoms with Crippen molar-refractivity contribution in [3.63, 3.8) is 0 Å². The van der Waals surface area contributed by atoms with E-state index in [9.17, 15) is 25.2 Å². The SMILES string of the molecule is C[C@H]1O[C@@H](O[C@H]2CC[C@@]3(C)[C@H](CC[C@@H]4[C@@H]3CC[C@]3(C)[C@@H](C5=CC(=O)OC5)CC[C@]43O)C2)[C@H](O)[C@@H](O)[C@@H]1O. The van der Waals surface area contributed by atoms with E-state index in [1.165, 1.54) is 0 Å². The van der Waals surface area contributed by atoms with Crippen molar-refractivity contribution in [2.24, 2.45) is 34.5 Å². The van der Waals surface area contributed by atoms with Crippen LogP contribution in [0.2, 0.25) is 0 Å². The van der Waals surface area contributed by atoms with E-state index in [2.05, 4.69) is 13.8 Å². The van der Waals surface area contributed by atoms with Gasteiger partial charge in [-0.1, -0.05) is 13.8 Å². The van der Waals surface area contributed by atoms with Gasteiger partial charge < -0.3 is 34.6 Å². The number of rotatable bonds is 3. The topological polar surface area (TPSA) is 126 Å². The van der Waals surface area contributed by atoms with E-state index in [0.717, 1.165) is 63.4 Å². The van der Waals surface area contributed by atoms with Gasteiger partial charge in [0, 0.05) is 11.5 Å². The van der Waals surface area contributed by atoms with Crippen LogP contribution in [0.1, 0.15) is 78.6 Å². The van der Waals surface area contributed by atoms with E-state index in [4.69, 9.17) is 14.2 Å². The molecule has 0 amide bonds. The molecule has 37 heavy (non-hydrogen) atoms. The third-order valence-electron chi connectivity index (χ3n) is 12.1. The number of esters is 1. The van der Waals surface area contributed by atoms with Crippen LogP contribution in [0.25, 0.3) is 0 Å². The lowest BCUT2D eigenvalue weighted by Gasteiger charge is -2.64. The van der Waals surface area contributed by atoms with Gasteiger partial charge in [-0.15, -0.1) is 0 Å². The third kappa shape index (κ3) is 3.80. The number of hydrogen-bond donors (Lipinski definition) is 4. The number of carbonyl (C=O) groups excluding carboxylic acids is 1. The molecule has 8 nitrogen and oxygen atoms in total. The first-order valence-electron chi connectivity index (χ1n) is 14.4. The molecule has 8 heteroatoms. The summed E-state index contributed by atoms with van der Waals surface area (Å²) in [6, 6.07) is 0. The molecule has 13 atom stereocenters. The maximum absolute atomic E-state index is 12.4. The van der Waals surface area contributed by atoms with Crippen molar-refractivity contribution >= 4 is 5.97 Å². The van der Waals surface area contributed by atoms with Gasteiger partial charge in [0.15, 0.2) is 6.29 Å². The largest absolute Gasteiger partial charge is 0.458 e. The fourth-order valence-corrected chi connectivity index (χ4v) is 9.81. The lowest BCUT2D eigenvalue weighted by Crippen LogP contribution is -2.62. The lowest BCUT2D eigenvalue weighted by atomic mass is 9.43. The predicted molar refractivity (Wildman–Crippen MR) is 133 cm³/mol. The Morgan fingerprint density at radius 3 is 2.46 bits per heavy atom. The van der Waals surface area contributed by atoms with E-state index >= 15 is 0 Å². The van der Waals surface area contributed by atoms with Crippen LogP contribution in [-0.2, 0) is 19.0 Å². The van der Waals surface area contributed by atoms with E-state index < -0.39 is 36.3 Å². The molecule has 0 aromatic heterocycles. The molecular formula is C29H44O8. The molecule has 6 rings (SSSR count). The quantitative estimate of drug-likeness (QED) is 0.330. The molecule has 1 saturated heterocycles. The smallest absolute Gasteiger partial charge is 0.331 e. The minimum Gasteiger partial charge on any atom is -0.458 e. The zero-order valence-electron chi connectivity index (χ0n) is 22.3. The van der Waals surface area contributed by atoms with Gasteiger partial charge in [-0.3, -0.25) is 0 Å². The summed E-state index contributed by atoms with van der Waals surface area (Å²) in [5.74, 6) is 1.14. The highest BCUT2D eigenvalue weighted by Gasteiger charge is 2.67. The maximum Gasteiger partial charge on any atom is 0.331 e. The van der Waals surface area contributed by atoms with Crippen molar-refractivity contribution < 1.29 is 39.4 Å². The Bertz CT molecular complexity index is 952. The first-order chi connectivity index (χ1) is 17.5. The number of hydrogen-bond acceptors (Lipinski definition) is 8. The van der Waals surface area contributed by atoms with Crippen LogP contribution >= 0.6 is 0 Å². The Hall–Kier alpha value is -1.03. The lowest BCUT2D eigenvalue weighted by molar-refractivity contribution is -0.310. The second-order valence-corrected chi connectivity index (χ2v) is 13.5. The molecule has 6 aliphatic rings. The molecule has 208 valence electrons. The maximum atomic E-state index is 12.4. The highest BCUT2D eigenvalue weighted by Crippen LogP contribution is 2.70. The first-order valence-corrected chi connectivity index (χ1v) is 14.4. The van der Waals surface area contributed by atoms with Crippen molar-refractivity contribution in [1.29, 1.82) is 0 Å². The minimum atomic E-state index is -1.28. The van der Waals surface area contributed by atoms with Crippen LogP contribution in [0.3, 0.4) is 0 Å². The Morgan fingerprint density at radius 2 is 1.73 bits per heavy atom. The van der Waals surface area contributed by atoms with E-state index in [1.807, 2.05) is 0 Å². The zero-order chi connectivity index (χ0) is 26.3. The Balaban J connectivity index is 1.16. The summed E-state index contributed by atoms with van der Waals surface area (Å²) < 4.78 is 17.2. The Morgan fingerprint density at radius 1 is 0.946 bits per heavy atom. The fraction of sp³-hybridized carbons (Fsp3) is 0.897. The Kier molecular flexibility index (Phi) is 6.37. The summed E-state index contributed by atoms with van der Waals surface area (Å²) >= 11 is 0. The highest BCUT2D eigenvalue weighted by atomic mass is 16.7. The third-order valence-corrected chi connectivity index (χ3v) is 12.1. The van der Waals surface area contributed by atoms with Crippen LogP contribution in [0, 0.1) is 34.5 Å². The normalized spacial score (nSPS) is 55.6. The van der Waals surface area contributed by atoms with Crippen LogP contribution < -0.4 is 0 Å². The van der Waals surface area contributed by atoms with Crippen LogP contribution in [0.5, 0.6) is 0 Å². The first kappa shape index (κ1) is 26.2. The molecule has 2 heterocycles. The number of ether oxygens (including phenoxy) is 3. The molecule has 0 spiro atoms. The molecular weight excluding hydrogens is 476 g/mol. The monoisotopic (exact) mass is 520 g/mol. The molecule has 4 aliphatic carbocycles. The number of aliphatic hydroxyl groups is 4. The van der Waals surface area contributed by atoms with Crippen molar-refractivity contribution in [3.8, 4) is 0 Å². The van der Waals surface area contributed by atoms with Gasteiger partial charge in [0.05, 0.1) is 17.8 Å². The van der Waals surface area contributed by atoms with Gasteiger partial charge in [-0.25, -0.2) is 4.79 Å². The van der Waals surface area contributed by atoms with Gasteiger partial charge in [0.2, 0.25) is 0 Å². The Labute approximate surface area is 219 Å². The number of carbonyl (C=O) groups is 1. The van der Waals surface area contributed by atoms with Crippen LogP contribution in [0.15, 0.2) is 11.6 Å². The average molecular weight is 521 g/mol. The highest BCUT2D eigenvalue weighted by molar-refractivity contribution is 5.85. The van der Waals surface area contributed by atoms with Gasteiger partial charge >= 0.3 is 5.97 Å². The van der Waals surface area contributed by atoms with Gasteiger partial charge in [0.1, 0.15) is 24.9 Å². The van der Waals surface area contributed by atoms with Gasteiger partial charge in [-0.05, 0) is 99.4 Å². The molecule has 2 aliphatic heterocycles. The van der Waals surface area contributed by atoms with Crippen LogP contribution in [-0.4, -0.2) is 75.4 Å². The summed E-state index contributed by atoms with van der Waals surface area (Å²) in [6.45, 7) is 6.73. The van der Waals surface area contributed by atoms with Crippen molar-refractivity contribution in [1.82, 2.24) is 0 Å². The number of aliphatic hydroxyl groups excluding tert-OH is 3. The molecule has 0 unspecified atom stereocenters.